The van der Waals surface area contributed by atoms with Crippen LogP contribution in [-0.4, -0.2) is 16.6 Å². The Labute approximate surface area is 377 Å². The van der Waals surface area contributed by atoms with Gasteiger partial charge < -0.3 is 4.74 Å². The van der Waals surface area contributed by atoms with Gasteiger partial charge in [-0.3, -0.25) is 0 Å². The average Bonchev–Trinajstić information content (AvgIpc) is 3.86. The normalized spacial score (nSPS) is 11.9. The molecule has 0 saturated heterocycles. The van der Waals surface area contributed by atoms with Crippen LogP contribution in [0.3, 0.4) is 0 Å². The number of hydrogen-bond acceptors (Lipinski definition) is 1. The predicted molar refractivity (Wildman–Crippen MR) is 260 cm³/mol. The summed E-state index contributed by atoms with van der Waals surface area (Å²) in [5.74, 6) is 1.01. The van der Waals surface area contributed by atoms with Gasteiger partial charge in [-0.05, 0) is 88.5 Å². The zero-order valence-electron chi connectivity index (χ0n) is 37.9. The fraction of sp³-hybridized carbons (Fsp3) is 0.333. The second-order valence-electron chi connectivity index (χ2n) is 17.7. The molecule has 0 aliphatic heterocycles. The summed E-state index contributed by atoms with van der Waals surface area (Å²) >= 11 is -0.826. The number of methoxy groups -OCH3 is 1. The minimum atomic E-state index is -0.826. The first-order valence-corrected chi connectivity index (χ1v) is 29.1. The van der Waals surface area contributed by atoms with E-state index < -0.39 is 20.8 Å². The van der Waals surface area contributed by atoms with E-state index in [2.05, 4.69) is 174 Å². The van der Waals surface area contributed by atoms with Crippen molar-refractivity contribution in [2.24, 2.45) is 0 Å². The van der Waals surface area contributed by atoms with Crippen LogP contribution in [0.1, 0.15) is 88.4 Å². The van der Waals surface area contributed by atoms with Crippen LogP contribution < -0.4 is 4.74 Å². The molecule has 0 N–H and O–H groups in total. The zero-order valence-corrected chi connectivity index (χ0v) is 42.8. The monoisotopic (exact) mass is 914 g/mol. The van der Waals surface area contributed by atoms with Crippen LogP contribution in [-0.2, 0) is 39.1 Å². The molecule has 7 aromatic rings. The maximum atomic E-state index is 5.95. The molecule has 7 aromatic carbocycles. The van der Waals surface area contributed by atoms with E-state index in [9.17, 15) is 0 Å². The zero-order chi connectivity index (χ0) is 43.3. The molecule has 0 aromatic heterocycles. The van der Waals surface area contributed by atoms with Gasteiger partial charge in [0.2, 0.25) is 0 Å². The van der Waals surface area contributed by atoms with Crippen LogP contribution >= 0.6 is 17.0 Å². The summed E-state index contributed by atoms with van der Waals surface area (Å²) in [5.41, 5.74) is 23.3. The number of hydrogen-bond donors (Lipinski definition) is 0. The Bertz CT molecular complexity index is 2420. The SMILES string of the molecule is COc1c(C(C)(C)C)cc2[cH-]c(C)cc2c1-c1cc(C)cc(C)c1.C[Si]C.Cc1cc(C)cc(-c2c3c(c(-c4cc(C)cc(C)c4)c4[cH-]c(C)cc24)CCC3)c1.[Cl][Zr+2][Cl]. The minimum absolute atomic E-state index is 0.0261. The topological polar surface area (TPSA) is 9.23 Å². The van der Waals surface area contributed by atoms with Crippen molar-refractivity contribution in [1.29, 1.82) is 0 Å². The van der Waals surface area contributed by atoms with Gasteiger partial charge in [0.15, 0.2) is 0 Å². The molecule has 0 heterocycles. The Morgan fingerprint density at radius 2 is 0.949 bits per heavy atom. The fourth-order valence-corrected chi connectivity index (χ4v) is 9.25. The van der Waals surface area contributed by atoms with Crippen LogP contribution in [0.25, 0.3) is 54.9 Å². The van der Waals surface area contributed by atoms with E-state index in [0.717, 1.165) is 15.3 Å². The van der Waals surface area contributed by atoms with Crippen molar-refractivity contribution in [1.82, 2.24) is 0 Å². The summed E-state index contributed by atoms with van der Waals surface area (Å²) in [6.45, 7) is 28.6. The Kier molecular flexibility index (Phi) is 16.0. The number of aryl methyl sites for hydroxylation is 8. The van der Waals surface area contributed by atoms with E-state index in [1.54, 1.807) is 18.2 Å². The molecular formula is C54H62Cl2OSiZr. The Balaban J connectivity index is 0.000000201. The second-order valence-corrected chi connectivity index (χ2v) is 22.5. The molecule has 0 unspecified atom stereocenters. The molecule has 0 saturated carbocycles. The third kappa shape index (κ3) is 10.8. The van der Waals surface area contributed by atoms with Crippen molar-refractivity contribution in [2.45, 2.75) is 114 Å². The molecule has 0 amide bonds. The summed E-state index contributed by atoms with van der Waals surface area (Å²) in [5, 5.41) is 5.44. The number of benzene rings is 5. The summed E-state index contributed by atoms with van der Waals surface area (Å²) in [6, 6.07) is 32.5. The third-order valence-electron chi connectivity index (χ3n) is 11.0. The van der Waals surface area contributed by atoms with E-state index in [1.807, 2.05) is 0 Å². The number of ether oxygens (including phenoxy) is 1. The van der Waals surface area contributed by atoms with Gasteiger partial charge in [0.25, 0.3) is 0 Å². The first-order chi connectivity index (χ1) is 27.9. The molecule has 5 heteroatoms. The molecule has 0 atom stereocenters. The number of fused-ring (bicyclic) bond motifs is 3. The Hall–Kier alpha value is -3.20. The summed E-state index contributed by atoms with van der Waals surface area (Å²) in [6.07, 6.45) is 3.64. The van der Waals surface area contributed by atoms with Gasteiger partial charge >= 0.3 is 37.9 Å². The Morgan fingerprint density at radius 1 is 0.559 bits per heavy atom. The maximum absolute atomic E-state index is 5.95. The van der Waals surface area contributed by atoms with E-state index in [0.29, 0.717) is 0 Å². The van der Waals surface area contributed by atoms with E-state index >= 15 is 0 Å². The molecule has 1 nitrogen and oxygen atoms in total. The van der Waals surface area contributed by atoms with Gasteiger partial charge in [0.1, 0.15) is 5.75 Å². The Morgan fingerprint density at radius 3 is 1.39 bits per heavy atom. The van der Waals surface area contributed by atoms with Crippen LogP contribution in [0.15, 0.2) is 84.9 Å². The van der Waals surface area contributed by atoms with E-state index in [4.69, 9.17) is 21.8 Å². The van der Waals surface area contributed by atoms with Gasteiger partial charge in [-0.2, -0.15) is 12.1 Å². The van der Waals surface area contributed by atoms with Crippen molar-refractivity contribution >= 4 is 48.1 Å². The van der Waals surface area contributed by atoms with Crippen molar-refractivity contribution < 1.29 is 25.6 Å². The average molecular weight is 917 g/mol. The van der Waals surface area contributed by atoms with Gasteiger partial charge in [-0.15, -0.1) is 50.9 Å². The molecule has 2 radical (unpaired) electrons. The molecule has 0 fully saturated rings. The first-order valence-electron chi connectivity index (χ1n) is 20.8. The molecule has 8 rings (SSSR count). The van der Waals surface area contributed by atoms with Crippen molar-refractivity contribution in [3.05, 3.63) is 146 Å². The quantitative estimate of drug-likeness (QED) is 0.126. The van der Waals surface area contributed by atoms with Crippen molar-refractivity contribution in [2.75, 3.05) is 7.11 Å². The molecule has 0 bridgehead atoms. The molecule has 59 heavy (non-hydrogen) atoms. The summed E-state index contributed by atoms with van der Waals surface area (Å²) in [4.78, 5) is 0. The fourth-order valence-electron chi connectivity index (χ4n) is 9.25. The van der Waals surface area contributed by atoms with E-state index in [-0.39, 0.29) is 5.41 Å². The second kappa shape index (κ2) is 20.1. The van der Waals surface area contributed by atoms with Crippen LogP contribution in [0, 0.1) is 55.4 Å². The number of rotatable bonds is 4. The molecule has 1 aliphatic carbocycles. The molecule has 0 spiro atoms. The molecular weight excluding hydrogens is 855 g/mol. The van der Waals surface area contributed by atoms with Crippen LogP contribution in [0.4, 0.5) is 0 Å². The van der Waals surface area contributed by atoms with E-state index in [1.165, 1.54) is 124 Å². The standard InChI is InChI=1S/C29H29.C23H27O.C2H6Si.2ClH.Zr/c1-17-9-18(2)12-22(11-17)28-24-7-6-8-25(24)29(27-16-21(5)15-26(27)28)23-13-19(3)10-20(4)14-23;1-14-8-15(2)11-18(10-14)21-19-12-16(3)9-17(19)13-20(22(21)24-7)23(4,5)6;1-3-2;;;/h9-16H,6-8H2,1-5H3;8-13H,1-7H3;1-2H3;2*1H;/q2*-1;;;;+4/p-2. The number of halogens is 2. The first kappa shape index (κ1) is 46.9. The molecule has 306 valence electrons. The summed E-state index contributed by atoms with van der Waals surface area (Å²) in [7, 11) is 12.7. The van der Waals surface area contributed by atoms with Crippen LogP contribution in [0.2, 0.25) is 13.1 Å². The van der Waals surface area contributed by atoms with Gasteiger partial charge in [-0.1, -0.05) is 164 Å². The third-order valence-corrected chi connectivity index (χ3v) is 11.0. The van der Waals surface area contributed by atoms with Crippen molar-refractivity contribution in [3.63, 3.8) is 0 Å². The summed E-state index contributed by atoms with van der Waals surface area (Å²) < 4.78 is 5.95. The van der Waals surface area contributed by atoms with Crippen LogP contribution in [0.5, 0.6) is 5.75 Å². The van der Waals surface area contributed by atoms with Crippen molar-refractivity contribution in [3.8, 4) is 39.1 Å². The van der Waals surface area contributed by atoms with Gasteiger partial charge in [-0.25, -0.2) is 0 Å². The van der Waals surface area contributed by atoms with Gasteiger partial charge in [0.05, 0.1) is 7.11 Å². The molecule has 1 aliphatic rings. The van der Waals surface area contributed by atoms with Gasteiger partial charge in [0, 0.05) is 9.52 Å². The predicted octanol–water partition coefficient (Wildman–Crippen LogP) is 16.5.